The predicted octanol–water partition coefficient (Wildman–Crippen LogP) is 4.58. The maximum Gasteiger partial charge on any atom is 0.269 e. The lowest BCUT2D eigenvalue weighted by Gasteiger charge is -2.07. The van der Waals surface area contributed by atoms with Gasteiger partial charge < -0.3 is 0 Å². The molecule has 100 valence electrons. The zero-order chi connectivity index (χ0) is 14.4. The van der Waals surface area contributed by atoms with Crippen LogP contribution in [-0.4, -0.2) is 4.92 Å². The molecule has 2 aromatic rings. The molecule has 0 aliphatic carbocycles. The molecule has 1 unspecified atom stereocenters. The molecule has 0 fully saturated rings. The van der Waals surface area contributed by atoms with E-state index in [0.29, 0.717) is 0 Å². The van der Waals surface area contributed by atoms with Gasteiger partial charge in [-0.2, -0.15) is 0 Å². The molecule has 3 heteroatoms. The molecule has 2 aromatic carbocycles. The highest BCUT2D eigenvalue weighted by Crippen LogP contribution is 2.22. The molecule has 0 saturated heterocycles. The van der Waals surface area contributed by atoms with Gasteiger partial charge in [0.25, 0.3) is 5.69 Å². The third-order valence-corrected chi connectivity index (χ3v) is 3.04. The van der Waals surface area contributed by atoms with Crippen LogP contribution in [0.5, 0.6) is 0 Å². The van der Waals surface area contributed by atoms with Gasteiger partial charge in [0.05, 0.1) is 4.92 Å². The number of hydrogen-bond acceptors (Lipinski definition) is 2. The summed E-state index contributed by atoms with van der Waals surface area (Å²) in [6.45, 7) is 3.82. The molecule has 0 amide bonds. The van der Waals surface area contributed by atoms with Crippen LogP contribution in [0, 0.1) is 10.1 Å². The molecule has 2 rings (SSSR count). The molecule has 0 radical (unpaired) electrons. The van der Waals surface area contributed by atoms with E-state index in [4.69, 9.17) is 0 Å². The summed E-state index contributed by atoms with van der Waals surface area (Å²) in [6.07, 6.45) is 5.87. The Hall–Kier alpha value is -2.68. The number of rotatable bonds is 5. The van der Waals surface area contributed by atoms with Crippen molar-refractivity contribution in [1.29, 1.82) is 0 Å². The fourth-order valence-corrected chi connectivity index (χ4v) is 1.92. The van der Waals surface area contributed by atoms with E-state index in [1.807, 2.05) is 48.6 Å². The third-order valence-electron chi connectivity index (χ3n) is 3.04. The summed E-state index contributed by atoms with van der Waals surface area (Å²) in [7, 11) is 0. The minimum Gasteiger partial charge on any atom is -0.258 e. The van der Waals surface area contributed by atoms with Crippen molar-refractivity contribution in [3.63, 3.8) is 0 Å². The van der Waals surface area contributed by atoms with Gasteiger partial charge in [-0.3, -0.25) is 10.1 Å². The predicted molar refractivity (Wildman–Crippen MR) is 81.5 cm³/mol. The Balaban J connectivity index is 2.18. The van der Waals surface area contributed by atoms with Crippen molar-refractivity contribution in [1.82, 2.24) is 0 Å². The highest BCUT2D eigenvalue weighted by atomic mass is 16.6. The number of benzene rings is 2. The van der Waals surface area contributed by atoms with Crippen LogP contribution in [0.25, 0.3) is 6.08 Å². The van der Waals surface area contributed by atoms with Gasteiger partial charge >= 0.3 is 0 Å². The lowest BCUT2D eigenvalue weighted by molar-refractivity contribution is -0.384. The van der Waals surface area contributed by atoms with Crippen molar-refractivity contribution in [2.45, 2.75) is 5.92 Å². The van der Waals surface area contributed by atoms with Crippen LogP contribution < -0.4 is 0 Å². The van der Waals surface area contributed by atoms with E-state index in [0.717, 1.165) is 11.1 Å². The summed E-state index contributed by atoms with van der Waals surface area (Å²) < 4.78 is 0. The van der Waals surface area contributed by atoms with Gasteiger partial charge in [0, 0.05) is 18.1 Å². The molecule has 0 bridgehead atoms. The van der Waals surface area contributed by atoms with E-state index < -0.39 is 4.92 Å². The Kier molecular flexibility index (Phi) is 4.45. The molecule has 20 heavy (non-hydrogen) atoms. The molecule has 3 nitrogen and oxygen atoms in total. The highest BCUT2D eigenvalue weighted by Gasteiger charge is 2.07. The molecule has 0 aromatic heterocycles. The second kappa shape index (κ2) is 6.48. The van der Waals surface area contributed by atoms with Crippen LogP contribution in [0.15, 0.2) is 73.3 Å². The van der Waals surface area contributed by atoms with Crippen LogP contribution in [0.3, 0.4) is 0 Å². The standard InChI is InChI=1S/C17H15NO2/c1-2-15(9-8-14-6-4-3-5-7-14)16-10-12-17(13-11-16)18(19)20/h2-13,15H,1H2/b9-8+. The Morgan fingerprint density at radius 1 is 1.05 bits per heavy atom. The lowest BCUT2D eigenvalue weighted by Crippen LogP contribution is -1.92. The molecule has 0 aliphatic rings. The molecule has 0 aliphatic heterocycles. The van der Waals surface area contributed by atoms with E-state index in [9.17, 15) is 10.1 Å². The Morgan fingerprint density at radius 2 is 1.70 bits per heavy atom. The zero-order valence-electron chi connectivity index (χ0n) is 11.0. The van der Waals surface area contributed by atoms with Gasteiger partial charge in [0.1, 0.15) is 0 Å². The Bertz CT molecular complexity index is 615. The Morgan fingerprint density at radius 3 is 2.25 bits per heavy atom. The topological polar surface area (TPSA) is 43.1 Å². The number of hydrogen-bond donors (Lipinski definition) is 0. The maximum absolute atomic E-state index is 10.6. The van der Waals surface area contributed by atoms with Crippen molar-refractivity contribution < 1.29 is 4.92 Å². The molecular weight excluding hydrogens is 250 g/mol. The maximum atomic E-state index is 10.6. The van der Waals surface area contributed by atoms with E-state index in [2.05, 4.69) is 6.58 Å². The van der Waals surface area contributed by atoms with Gasteiger partial charge in [-0.25, -0.2) is 0 Å². The third kappa shape index (κ3) is 3.42. The summed E-state index contributed by atoms with van der Waals surface area (Å²) in [5.41, 5.74) is 2.20. The van der Waals surface area contributed by atoms with Gasteiger partial charge in [-0.05, 0) is 11.1 Å². The molecule has 0 saturated carbocycles. The van der Waals surface area contributed by atoms with Crippen LogP contribution in [-0.2, 0) is 0 Å². The fourth-order valence-electron chi connectivity index (χ4n) is 1.92. The molecule has 0 N–H and O–H groups in total. The van der Waals surface area contributed by atoms with Crippen molar-refractivity contribution in [3.8, 4) is 0 Å². The summed E-state index contributed by atoms with van der Waals surface area (Å²) in [4.78, 5) is 10.2. The SMILES string of the molecule is C=CC(/C=C/c1ccccc1)c1ccc([N+](=O)[O-])cc1. The van der Waals surface area contributed by atoms with E-state index >= 15 is 0 Å². The minimum atomic E-state index is -0.396. The van der Waals surface area contributed by atoms with Crippen LogP contribution in [0.1, 0.15) is 17.0 Å². The molecule has 0 spiro atoms. The lowest BCUT2D eigenvalue weighted by atomic mass is 9.97. The van der Waals surface area contributed by atoms with Crippen molar-refractivity contribution in [2.75, 3.05) is 0 Å². The molecule has 0 heterocycles. The average Bonchev–Trinajstić information content (AvgIpc) is 2.49. The number of nitrogens with zero attached hydrogens (tertiary/aromatic N) is 1. The first-order valence-corrected chi connectivity index (χ1v) is 6.31. The van der Waals surface area contributed by atoms with Crippen molar-refractivity contribution >= 4 is 11.8 Å². The van der Waals surface area contributed by atoms with Crippen LogP contribution in [0.2, 0.25) is 0 Å². The summed E-state index contributed by atoms with van der Waals surface area (Å²) in [6, 6.07) is 16.5. The highest BCUT2D eigenvalue weighted by molar-refractivity contribution is 5.51. The quantitative estimate of drug-likeness (QED) is 0.451. The van der Waals surface area contributed by atoms with E-state index in [-0.39, 0.29) is 11.6 Å². The van der Waals surface area contributed by atoms with Crippen LogP contribution in [0.4, 0.5) is 5.69 Å². The van der Waals surface area contributed by atoms with Crippen LogP contribution >= 0.6 is 0 Å². The first kappa shape index (κ1) is 13.7. The number of nitro benzene ring substituents is 1. The second-order valence-corrected chi connectivity index (χ2v) is 4.38. The molecular formula is C17H15NO2. The number of non-ortho nitro benzene ring substituents is 1. The number of allylic oxidation sites excluding steroid dienone is 2. The zero-order valence-corrected chi connectivity index (χ0v) is 11.0. The van der Waals surface area contributed by atoms with Gasteiger partial charge in [-0.1, -0.05) is 60.7 Å². The largest absolute Gasteiger partial charge is 0.269 e. The minimum absolute atomic E-state index is 0.0380. The first-order valence-electron chi connectivity index (χ1n) is 6.31. The van der Waals surface area contributed by atoms with Gasteiger partial charge in [0.2, 0.25) is 0 Å². The summed E-state index contributed by atoms with van der Waals surface area (Å²) >= 11 is 0. The average molecular weight is 265 g/mol. The van der Waals surface area contributed by atoms with E-state index in [1.165, 1.54) is 12.1 Å². The fraction of sp³-hybridized carbons (Fsp3) is 0.0588. The Labute approximate surface area is 118 Å². The van der Waals surface area contributed by atoms with Crippen molar-refractivity contribution in [2.24, 2.45) is 0 Å². The normalized spacial score (nSPS) is 12.2. The summed E-state index contributed by atoms with van der Waals surface area (Å²) in [5.74, 6) is 0.0380. The molecule has 1 atom stereocenters. The van der Waals surface area contributed by atoms with Crippen molar-refractivity contribution in [3.05, 3.63) is 94.6 Å². The summed E-state index contributed by atoms with van der Waals surface area (Å²) in [5, 5.41) is 10.6. The van der Waals surface area contributed by atoms with E-state index in [1.54, 1.807) is 12.1 Å². The van der Waals surface area contributed by atoms with Gasteiger partial charge in [0.15, 0.2) is 0 Å². The van der Waals surface area contributed by atoms with Gasteiger partial charge in [-0.15, -0.1) is 6.58 Å². The monoisotopic (exact) mass is 265 g/mol. The smallest absolute Gasteiger partial charge is 0.258 e. The number of nitro groups is 1. The second-order valence-electron chi connectivity index (χ2n) is 4.38. The first-order chi connectivity index (χ1) is 9.70.